The van der Waals surface area contributed by atoms with Gasteiger partial charge in [0.25, 0.3) is 0 Å². The molecular weight excluding hydrogens is 591 g/mol. The third-order valence-corrected chi connectivity index (χ3v) is 12.0. The van der Waals surface area contributed by atoms with Gasteiger partial charge in [-0.3, -0.25) is 9.88 Å². The molecule has 1 saturated carbocycles. The molecule has 47 heavy (non-hydrogen) atoms. The number of benzene rings is 2. The molecular formula is C38H41FN6O2. The van der Waals surface area contributed by atoms with Crippen molar-refractivity contribution in [3.05, 3.63) is 47.9 Å². The summed E-state index contributed by atoms with van der Waals surface area (Å²) in [5, 5.41) is 16.3. The molecule has 4 aliphatic heterocycles. The standard InChI is InChI=1S/C38H41FN6O2/c1-3-23-8-6-9-24-16-27(46)17-28(31(23)24)33-32(39)34-29(18-40-33)35(44-19-25-11-12-26(20-44)41-25)43-36(42-34)47-22-38-14-7-15-45(38)30-10-4-5-13-37(30,2)21-38/h1,6,8-9,16-18,25-26,30,41,46H,4-5,7,10-15,19-22H2,2H3. The molecule has 0 radical (unpaired) electrons. The second kappa shape index (κ2) is 10.8. The number of aromatic hydroxyl groups is 1. The van der Waals surface area contributed by atoms with E-state index in [0.717, 1.165) is 45.3 Å². The van der Waals surface area contributed by atoms with Gasteiger partial charge in [-0.05, 0) is 80.5 Å². The van der Waals surface area contributed by atoms with Crippen molar-refractivity contribution >= 4 is 27.5 Å². The third kappa shape index (κ3) is 4.59. The average Bonchev–Trinajstić information content (AvgIpc) is 3.71. The molecule has 9 heteroatoms. The van der Waals surface area contributed by atoms with Crippen LogP contribution in [0, 0.1) is 23.6 Å². The van der Waals surface area contributed by atoms with Gasteiger partial charge in [0.1, 0.15) is 29.4 Å². The highest BCUT2D eigenvalue weighted by atomic mass is 19.1. The van der Waals surface area contributed by atoms with E-state index in [0.29, 0.717) is 63.3 Å². The van der Waals surface area contributed by atoms with Gasteiger partial charge in [-0.1, -0.05) is 37.8 Å². The molecule has 8 nitrogen and oxygen atoms in total. The van der Waals surface area contributed by atoms with Crippen LogP contribution in [0.5, 0.6) is 11.8 Å². The molecule has 2 N–H and O–H groups in total. The van der Waals surface area contributed by atoms with Gasteiger partial charge in [-0.2, -0.15) is 9.97 Å². The molecule has 2 aromatic carbocycles. The first kappa shape index (κ1) is 29.2. The lowest BCUT2D eigenvalue weighted by Gasteiger charge is -2.39. The molecule has 5 unspecified atom stereocenters. The Morgan fingerprint density at radius 2 is 1.96 bits per heavy atom. The first-order valence-corrected chi connectivity index (χ1v) is 17.3. The van der Waals surface area contributed by atoms with Gasteiger partial charge < -0.3 is 20.1 Å². The number of nitrogens with zero attached hydrogens (tertiary/aromatic N) is 5. The Hall–Kier alpha value is -4.00. The molecule has 5 fully saturated rings. The number of piperazine rings is 1. The van der Waals surface area contributed by atoms with Crippen molar-refractivity contribution in [1.29, 1.82) is 0 Å². The Balaban J connectivity index is 1.16. The average molecular weight is 633 g/mol. The van der Waals surface area contributed by atoms with Gasteiger partial charge in [-0.25, -0.2) is 4.39 Å². The van der Waals surface area contributed by atoms with Crippen LogP contribution >= 0.6 is 0 Å². The highest BCUT2D eigenvalue weighted by molar-refractivity contribution is 6.02. The summed E-state index contributed by atoms with van der Waals surface area (Å²) in [5.41, 5.74) is 1.57. The van der Waals surface area contributed by atoms with Crippen LogP contribution in [-0.2, 0) is 0 Å². The fourth-order valence-electron chi connectivity index (χ4n) is 10.1. The third-order valence-electron chi connectivity index (χ3n) is 12.0. The zero-order valence-corrected chi connectivity index (χ0v) is 26.9. The maximum atomic E-state index is 17.0. The smallest absolute Gasteiger partial charge is 0.319 e. The Morgan fingerprint density at radius 3 is 2.79 bits per heavy atom. The second-order valence-electron chi connectivity index (χ2n) is 15.0. The number of hydrogen-bond acceptors (Lipinski definition) is 8. The van der Waals surface area contributed by atoms with Gasteiger partial charge in [0.05, 0.1) is 10.9 Å². The number of hydrogen-bond donors (Lipinski definition) is 2. The van der Waals surface area contributed by atoms with Gasteiger partial charge in [0.15, 0.2) is 5.82 Å². The summed E-state index contributed by atoms with van der Waals surface area (Å²) >= 11 is 0. The minimum atomic E-state index is -0.576. The van der Waals surface area contributed by atoms with Gasteiger partial charge >= 0.3 is 6.01 Å². The molecule has 5 atom stereocenters. The van der Waals surface area contributed by atoms with E-state index >= 15 is 4.39 Å². The maximum Gasteiger partial charge on any atom is 0.319 e. The lowest BCUT2D eigenvalue weighted by Crippen LogP contribution is -2.51. The molecule has 2 bridgehead atoms. The molecule has 242 valence electrons. The monoisotopic (exact) mass is 632 g/mol. The largest absolute Gasteiger partial charge is 0.508 e. The lowest BCUT2D eigenvalue weighted by atomic mass is 9.69. The Morgan fingerprint density at radius 1 is 1.11 bits per heavy atom. The summed E-state index contributed by atoms with van der Waals surface area (Å²) in [7, 11) is 0. The number of halogens is 1. The zero-order valence-electron chi connectivity index (χ0n) is 26.9. The minimum Gasteiger partial charge on any atom is -0.508 e. The van der Waals surface area contributed by atoms with E-state index in [9.17, 15) is 5.11 Å². The van der Waals surface area contributed by atoms with Gasteiger partial charge in [0, 0.05) is 53.9 Å². The van der Waals surface area contributed by atoms with Crippen LogP contribution in [0.1, 0.15) is 70.3 Å². The van der Waals surface area contributed by atoms with E-state index in [2.05, 4.69) is 32.9 Å². The molecule has 4 saturated heterocycles. The molecule has 0 spiro atoms. The van der Waals surface area contributed by atoms with Crippen LogP contribution in [0.25, 0.3) is 32.9 Å². The molecule has 5 aliphatic rings. The molecule has 0 amide bonds. The highest BCUT2D eigenvalue weighted by Gasteiger charge is 2.59. The van der Waals surface area contributed by atoms with E-state index < -0.39 is 5.82 Å². The van der Waals surface area contributed by atoms with Crippen molar-refractivity contribution in [2.45, 2.75) is 88.4 Å². The number of pyridine rings is 1. The quantitative estimate of drug-likeness (QED) is 0.253. The molecule has 9 rings (SSSR count). The fraction of sp³-hybridized carbons (Fsp3) is 0.500. The zero-order chi connectivity index (χ0) is 31.9. The van der Waals surface area contributed by atoms with Crippen LogP contribution < -0.4 is 15.0 Å². The Bertz CT molecular complexity index is 1950. The van der Waals surface area contributed by atoms with E-state index in [1.807, 2.05) is 18.2 Å². The van der Waals surface area contributed by atoms with Crippen LogP contribution in [0.15, 0.2) is 36.5 Å². The number of aromatic nitrogens is 3. The topological polar surface area (TPSA) is 86.6 Å². The predicted molar refractivity (Wildman–Crippen MR) is 181 cm³/mol. The van der Waals surface area contributed by atoms with Crippen LogP contribution in [0.3, 0.4) is 0 Å². The van der Waals surface area contributed by atoms with Gasteiger partial charge in [0.2, 0.25) is 0 Å². The molecule has 1 aliphatic carbocycles. The maximum absolute atomic E-state index is 17.0. The normalized spacial score (nSPS) is 30.1. The fourth-order valence-corrected chi connectivity index (χ4v) is 10.1. The summed E-state index contributed by atoms with van der Waals surface area (Å²) in [5.74, 6) is 2.82. The van der Waals surface area contributed by atoms with Crippen molar-refractivity contribution in [2.75, 3.05) is 31.1 Å². The van der Waals surface area contributed by atoms with Crippen LogP contribution in [0.2, 0.25) is 0 Å². The van der Waals surface area contributed by atoms with Crippen molar-refractivity contribution < 1.29 is 14.2 Å². The van der Waals surface area contributed by atoms with Crippen molar-refractivity contribution in [1.82, 2.24) is 25.2 Å². The highest BCUT2D eigenvalue weighted by Crippen LogP contribution is 2.57. The summed E-state index contributed by atoms with van der Waals surface area (Å²) in [6.45, 7) is 5.65. The number of fused-ring (bicyclic) bond motifs is 7. The number of phenols is 1. The SMILES string of the molecule is C#Cc1cccc2cc(O)cc(-c3ncc4c(N5CC6CCC(C5)N6)nc(OCC56CCCN5C5CCCCC5(C)C6)nc4c3F)c12. The number of ether oxygens (including phenoxy) is 1. The minimum absolute atomic E-state index is 0.0119. The summed E-state index contributed by atoms with van der Waals surface area (Å²) in [4.78, 5) is 19.4. The number of phenolic OH excluding ortho intramolecular Hbond substituents is 1. The van der Waals surface area contributed by atoms with Crippen molar-refractivity contribution in [3.8, 4) is 35.4 Å². The van der Waals surface area contributed by atoms with Crippen LogP contribution in [-0.4, -0.2) is 74.9 Å². The van der Waals surface area contributed by atoms with E-state index in [1.54, 1.807) is 12.3 Å². The molecule has 2 aromatic heterocycles. The lowest BCUT2D eigenvalue weighted by molar-refractivity contribution is 0.0696. The van der Waals surface area contributed by atoms with E-state index in [-0.39, 0.29) is 28.5 Å². The second-order valence-corrected chi connectivity index (χ2v) is 15.0. The number of anilines is 1. The van der Waals surface area contributed by atoms with E-state index in [4.69, 9.17) is 21.1 Å². The Kier molecular flexibility index (Phi) is 6.68. The Labute approximate surface area is 274 Å². The first-order chi connectivity index (χ1) is 22.8. The van der Waals surface area contributed by atoms with E-state index in [1.165, 1.54) is 38.2 Å². The summed E-state index contributed by atoms with van der Waals surface area (Å²) in [6.07, 6.45) is 18.3. The van der Waals surface area contributed by atoms with Crippen molar-refractivity contribution in [3.63, 3.8) is 0 Å². The summed E-state index contributed by atoms with van der Waals surface area (Å²) in [6, 6.07) is 10.2. The molecule has 6 heterocycles. The number of rotatable bonds is 5. The van der Waals surface area contributed by atoms with Crippen molar-refractivity contribution in [2.24, 2.45) is 5.41 Å². The van der Waals surface area contributed by atoms with Gasteiger partial charge in [-0.15, -0.1) is 6.42 Å². The first-order valence-electron chi connectivity index (χ1n) is 17.3. The molecule has 4 aromatic rings. The van der Waals surface area contributed by atoms with Crippen LogP contribution in [0.4, 0.5) is 10.2 Å². The number of nitrogens with one attached hydrogen (secondary N) is 1. The number of terminal acetylenes is 1. The summed E-state index contributed by atoms with van der Waals surface area (Å²) < 4.78 is 23.6. The predicted octanol–water partition coefficient (Wildman–Crippen LogP) is 6.18.